The van der Waals surface area contributed by atoms with Gasteiger partial charge in [0.25, 0.3) is 5.91 Å². The van der Waals surface area contributed by atoms with Crippen molar-refractivity contribution in [2.75, 3.05) is 26.2 Å². The van der Waals surface area contributed by atoms with E-state index in [1.54, 1.807) is 0 Å². The first-order valence-corrected chi connectivity index (χ1v) is 10.7. The maximum Gasteiger partial charge on any atom is 0.317 e. The van der Waals surface area contributed by atoms with E-state index in [-0.39, 0.29) is 11.9 Å². The highest BCUT2D eigenvalue weighted by Gasteiger charge is 2.25. The smallest absolute Gasteiger partial charge is 0.317 e. The third-order valence-electron chi connectivity index (χ3n) is 6.35. The molecule has 5 nitrogen and oxygen atoms in total. The Morgan fingerprint density at radius 2 is 1.52 bits per heavy atom. The van der Waals surface area contributed by atoms with Crippen molar-refractivity contribution in [3.05, 3.63) is 34.9 Å². The first kappa shape index (κ1) is 18.3. The van der Waals surface area contributed by atoms with Crippen molar-refractivity contribution < 1.29 is 9.59 Å². The fourth-order valence-electron chi connectivity index (χ4n) is 4.71. The molecule has 1 aromatic rings. The number of rotatable bonds is 2. The minimum atomic E-state index is 0.0463. The normalized spacial score (nSPS) is 20.9. The predicted molar refractivity (Wildman–Crippen MR) is 106 cm³/mol. The molecule has 0 atom stereocenters. The van der Waals surface area contributed by atoms with E-state index >= 15 is 0 Å². The molecule has 146 valence electrons. The first-order chi connectivity index (χ1) is 13.2. The second-order valence-electron chi connectivity index (χ2n) is 8.25. The fraction of sp³-hybridized carbons (Fsp3) is 0.636. The minimum Gasteiger partial charge on any atom is -0.337 e. The average molecular weight is 370 g/mol. The Balaban J connectivity index is 1.36. The zero-order valence-corrected chi connectivity index (χ0v) is 16.2. The molecule has 1 heterocycles. The zero-order chi connectivity index (χ0) is 18.6. The molecule has 0 aromatic heterocycles. The van der Waals surface area contributed by atoms with Crippen molar-refractivity contribution in [3.63, 3.8) is 0 Å². The van der Waals surface area contributed by atoms with Gasteiger partial charge >= 0.3 is 6.03 Å². The van der Waals surface area contributed by atoms with Crippen molar-refractivity contribution in [1.82, 2.24) is 15.1 Å². The molecular weight excluding hydrogens is 338 g/mol. The molecule has 2 aliphatic carbocycles. The number of aryl methyl sites for hydroxylation is 2. The lowest BCUT2D eigenvalue weighted by molar-refractivity contribution is 0.0762. The molecule has 1 aromatic carbocycles. The minimum absolute atomic E-state index is 0.0463. The first-order valence-electron chi connectivity index (χ1n) is 10.7. The van der Waals surface area contributed by atoms with Crippen LogP contribution in [0.4, 0.5) is 4.79 Å². The molecule has 27 heavy (non-hydrogen) atoms. The van der Waals surface area contributed by atoms with E-state index in [0.717, 1.165) is 50.8 Å². The molecule has 1 N–H and O–H groups in total. The summed E-state index contributed by atoms with van der Waals surface area (Å²) in [4.78, 5) is 29.3. The summed E-state index contributed by atoms with van der Waals surface area (Å²) in [5.41, 5.74) is 3.56. The SMILES string of the molecule is O=C(NC1CCCC1)N1CCCN(C(=O)c2ccc3c(c2)CCCC3)CC1. The van der Waals surface area contributed by atoms with Gasteiger partial charge in [-0.05, 0) is 68.2 Å². The lowest BCUT2D eigenvalue weighted by atomic mass is 9.90. The van der Waals surface area contributed by atoms with Crippen LogP contribution < -0.4 is 5.32 Å². The molecular formula is C22H31N3O2. The van der Waals surface area contributed by atoms with Crippen molar-refractivity contribution >= 4 is 11.9 Å². The van der Waals surface area contributed by atoms with Gasteiger partial charge in [0, 0.05) is 37.8 Å². The second kappa shape index (κ2) is 8.32. The average Bonchev–Trinajstić information content (AvgIpc) is 3.08. The van der Waals surface area contributed by atoms with Crippen LogP contribution in [0.15, 0.2) is 18.2 Å². The molecule has 1 saturated heterocycles. The summed E-state index contributed by atoms with van der Waals surface area (Å²) in [6.07, 6.45) is 10.2. The lowest BCUT2D eigenvalue weighted by Crippen LogP contribution is -2.45. The Morgan fingerprint density at radius 3 is 2.33 bits per heavy atom. The number of amides is 3. The predicted octanol–water partition coefficient (Wildman–Crippen LogP) is 3.37. The van der Waals surface area contributed by atoms with E-state index in [1.807, 2.05) is 15.9 Å². The Kier molecular flexibility index (Phi) is 5.65. The van der Waals surface area contributed by atoms with Crippen LogP contribution in [0.1, 0.15) is 66.4 Å². The standard InChI is InChI=1S/C22H31N3O2/c26-21(19-11-10-17-6-1-2-7-18(17)16-19)24-12-5-13-25(15-14-24)22(27)23-20-8-3-4-9-20/h10-11,16,20H,1-9,12-15H2,(H,23,27). The molecule has 1 aliphatic heterocycles. The van der Waals surface area contributed by atoms with Crippen LogP contribution in [0.2, 0.25) is 0 Å². The maximum absolute atomic E-state index is 13.0. The van der Waals surface area contributed by atoms with Gasteiger partial charge in [-0.3, -0.25) is 4.79 Å². The molecule has 0 radical (unpaired) electrons. The zero-order valence-electron chi connectivity index (χ0n) is 16.2. The highest BCUT2D eigenvalue weighted by molar-refractivity contribution is 5.94. The Hall–Kier alpha value is -2.04. The van der Waals surface area contributed by atoms with Gasteiger partial charge in [0.15, 0.2) is 0 Å². The number of carbonyl (C=O) groups is 2. The molecule has 3 aliphatic rings. The number of hydrogen-bond donors (Lipinski definition) is 1. The largest absolute Gasteiger partial charge is 0.337 e. The van der Waals surface area contributed by atoms with Crippen LogP contribution in [0.25, 0.3) is 0 Å². The van der Waals surface area contributed by atoms with Crippen LogP contribution in [-0.2, 0) is 12.8 Å². The number of benzene rings is 1. The second-order valence-corrected chi connectivity index (χ2v) is 8.25. The Bertz CT molecular complexity index is 697. The van der Waals surface area contributed by atoms with Gasteiger partial charge in [-0.25, -0.2) is 4.79 Å². The van der Waals surface area contributed by atoms with Crippen molar-refractivity contribution in [1.29, 1.82) is 0 Å². The summed E-state index contributed by atoms with van der Waals surface area (Å²) < 4.78 is 0. The maximum atomic E-state index is 13.0. The van der Waals surface area contributed by atoms with Crippen LogP contribution in [0, 0.1) is 0 Å². The van der Waals surface area contributed by atoms with Gasteiger partial charge in [0.1, 0.15) is 0 Å². The van der Waals surface area contributed by atoms with E-state index in [4.69, 9.17) is 0 Å². The summed E-state index contributed by atoms with van der Waals surface area (Å²) in [5.74, 6) is 0.112. The number of hydrogen-bond acceptors (Lipinski definition) is 2. The summed E-state index contributed by atoms with van der Waals surface area (Å²) >= 11 is 0. The van der Waals surface area contributed by atoms with Gasteiger partial charge < -0.3 is 15.1 Å². The molecule has 3 amide bonds. The van der Waals surface area contributed by atoms with E-state index < -0.39 is 0 Å². The van der Waals surface area contributed by atoms with Gasteiger partial charge in [0.2, 0.25) is 0 Å². The van der Waals surface area contributed by atoms with Crippen molar-refractivity contribution in [3.8, 4) is 0 Å². The lowest BCUT2D eigenvalue weighted by Gasteiger charge is -2.24. The van der Waals surface area contributed by atoms with E-state index in [0.29, 0.717) is 19.1 Å². The fourth-order valence-corrected chi connectivity index (χ4v) is 4.71. The van der Waals surface area contributed by atoms with Crippen LogP contribution >= 0.6 is 0 Å². The van der Waals surface area contributed by atoms with Crippen LogP contribution in [0.5, 0.6) is 0 Å². The third kappa shape index (κ3) is 4.28. The van der Waals surface area contributed by atoms with Crippen LogP contribution in [-0.4, -0.2) is 54.0 Å². The molecule has 0 unspecified atom stereocenters. The van der Waals surface area contributed by atoms with E-state index in [2.05, 4.69) is 17.4 Å². The molecule has 0 spiro atoms. The van der Waals surface area contributed by atoms with Gasteiger partial charge in [-0.1, -0.05) is 18.9 Å². The highest BCUT2D eigenvalue weighted by atomic mass is 16.2. The van der Waals surface area contributed by atoms with Crippen LogP contribution in [0.3, 0.4) is 0 Å². The topological polar surface area (TPSA) is 52.7 Å². The van der Waals surface area contributed by atoms with Crippen molar-refractivity contribution in [2.24, 2.45) is 0 Å². The highest BCUT2D eigenvalue weighted by Crippen LogP contribution is 2.23. The molecule has 1 saturated carbocycles. The summed E-state index contributed by atoms with van der Waals surface area (Å²) in [6.45, 7) is 2.69. The van der Waals surface area contributed by atoms with E-state index in [9.17, 15) is 9.59 Å². The van der Waals surface area contributed by atoms with Crippen molar-refractivity contribution in [2.45, 2.75) is 63.8 Å². The Labute approximate surface area is 162 Å². The quantitative estimate of drug-likeness (QED) is 0.869. The number of carbonyl (C=O) groups excluding carboxylic acids is 2. The van der Waals surface area contributed by atoms with Gasteiger partial charge in [0.05, 0.1) is 0 Å². The molecule has 4 rings (SSSR count). The monoisotopic (exact) mass is 369 g/mol. The third-order valence-corrected chi connectivity index (χ3v) is 6.35. The number of nitrogens with one attached hydrogen (secondary N) is 1. The van der Waals surface area contributed by atoms with Gasteiger partial charge in [-0.2, -0.15) is 0 Å². The Morgan fingerprint density at radius 1 is 0.815 bits per heavy atom. The molecule has 2 fully saturated rings. The van der Waals surface area contributed by atoms with Gasteiger partial charge in [-0.15, -0.1) is 0 Å². The summed E-state index contributed by atoms with van der Waals surface area (Å²) in [5, 5.41) is 3.17. The number of nitrogens with zero attached hydrogens (tertiary/aromatic N) is 2. The van der Waals surface area contributed by atoms with E-state index in [1.165, 1.54) is 36.8 Å². The number of fused-ring (bicyclic) bond motifs is 1. The number of urea groups is 1. The molecule has 0 bridgehead atoms. The molecule has 5 heteroatoms. The summed E-state index contributed by atoms with van der Waals surface area (Å²) in [7, 11) is 0. The summed E-state index contributed by atoms with van der Waals surface area (Å²) in [6, 6.07) is 6.62.